The molecule has 20 heavy (non-hydrogen) atoms. The van der Waals surface area contributed by atoms with Gasteiger partial charge in [0.15, 0.2) is 0 Å². The summed E-state index contributed by atoms with van der Waals surface area (Å²) in [5.41, 5.74) is 13.5. The quantitative estimate of drug-likeness (QED) is 0.795. The molecule has 0 saturated heterocycles. The maximum Gasteiger partial charge on any atom is 0.252 e. The molecule has 4 N–H and O–H groups in total. The third-order valence-electron chi connectivity index (χ3n) is 3.60. The molecule has 112 valence electrons. The number of hydrogen-bond acceptors (Lipinski definition) is 4. The molecule has 0 aliphatic rings. The maximum atomic E-state index is 11.8. The average molecular weight is 278 g/mol. The molecule has 0 aliphatic heterocycles. The lowest BCUT2D eigenvalue weighted by Gasteiger charge is -2.33. The summed E-state index contributed by atoms with van der Waals surface area (Å²) in [5, 5.41) is 0. The first-order valence-electron chi connectivity index (χ1n) is 7.20. The molecule has 0 fully saturated rings. The Morgan fingerprint density at radius 2 is 1.95 bits per heavy atom. The second kappa shape index (κ2) is 7.24. The van der Waals surface area contributed by atoms with Crippen molar-refractivity contribution < 1.29 is 4.79 Å². The molecule has 0 aliphatic carbocycles. The Morgan fingerprint density at radius 3 is 2.40 bits per heavy atom. The highest BCUT2D eigenvalue weighted by Crippen LogP contribution is 2.25. The third kappa shape index (κ3) is 3.48. The van der Waals surface area contributed by atoms with Gasteiger partial charge in [0.25, 0.3) is 5.91 Å². The Labute approximate surface area is 121 Å². The van der Waals surface area contributed by atoms with Gasteiger partial charge in [-0.25, -0.2) is 4.98 Å². The van der Waals surface area contributed by atoms with Gasteiger partial charge in [-0.15, -0.1) is 0 Å². The van der Waals surface area contributed by atoms with Crippen molar-refractivity contribution in [2.75, 3.05) is 18.0 Å². The fourth-order valence-electron chi connectivity index (χ4n) is 2.66. The van der Waals surface area contributed by atoms with Crippen molar-refractivity contribution in [1.29, 1.82) is 0 Å². The zero-order valence-electron chi connectivity index (χ0n) is 12.9. The van der Waals surface area contributed by atoms with Gasteiger partial charge in [0, 0.05) is 24.8 Å². The minimum atomic E-state index is -0.432. The zero-order chi connectivity index (χ0) is 15.3. The molecule has 1 rings (SSSR count). The first-order chi connectivity index (χ1) is 9.46. The lowest BCUT2D eigenvalue weighted by Crippen LogP contribution is -2.40. The lowest BCUT2D eigenvalue weighted by atomic mass is 10.0. The van der Waals surface area contributed by atoms with E-state index in [0.29, 0.717) is 30.5 Å². The van der Waals surface area contributed by atoms with E-state index in [9.17, 15) is 4.79 Å². The van der Waals surface area contributed by atoms with Crippen molar-refractivity contribution in [2.45, 2.75) is 46.6 Å². The number of pyridine rings is 1. The summed E-state index contributed by atoms with van der Waals surface area (Å²) in [6.07, 6.45) is 1.95. The Balaban J connectivity index is 3.41. The Morgan fingerprint density at radius 1 is 1.35 bits per heavy atom. The number of hydrogen-bond donors (Lipinski definition) is 2. The Bertz CT molecular complexity index is 469. The second-order valence-corrected chi connectivity index (χ2v) is 5.10. The highest BCUT2D eigenvalue weighted by molar-refractivity contribution is 5.99. The van der Waals surface area contributed by atoms with Gasteiger partial charge in [0.2, 0.25) is 0 Å². The predicted octanol–water partition coefficient (Wildman–Crippen LogP) is 1.75. The smallest absolute Gasteiger partial charge is 0.252 e. The van der Waals surface area contributed by atoms with Crippen LogP contribution in [0.5, 0.6) is 0 Å². The fraction of sp³-hybridized carbons (Fsp3) is 0.600. The Hall–Kier alpha value is -1.62. The van der Waals surface area contributed by atoms with E-state index in [1.165, 1.54) is 0 Å². The van der Waals surface area contributed by atoms with Crippen LogP contribution in [-0.4, -0.2) is 30.0 Å². The first-order valence-corrected chi connectivity index (χ1v) is 7.20. The number of carbonyl (C=O) groups excluding carboxylic acids is 1. The molecule has 0 bridgehead atoms. The summed E-state index contributed by atoms with van der Waals surface area (Å²) in [6, 6.07) is 2.20. The number of aryl methyl sites for hydroxylation is 2. The molecule has 1 amide bonds. The maximum absolute atomic E-state index is 11.8. The molecule has 0 aromatic carbocycles. The molecule has 0 unspecified atom stereocenters. The van der Waals surface area contributed by atoms with E-state index in [1.807, 2.05) is 19.9 Å². The number of aromatic nitrogens is 1. The van der Waals surface area contributed by atoms with Crippen LogP contribution in [0, 0.1) is 13.8 Å². The van der Waals surface area contributed by atoms with Crippen LogP contribution in [0.15, 0.2) is 6.07 Å². The van der Waals surface area contributed by atoms with Crippen LogP contribution in [0.25, 0.3) is 0 Å². The molecule has 1 heterocycles. The molecular weight excluding hydrogens is 252 g/mol. The average Bonchev–Trinajstić information content (AvgIpc) is 2.37. The van der Waals surface area contributed by atoms with Crippen LogP contribution >= 0.6 is 0 Å². The number of anilines is 1. The number of nitrogens with two attached hydrogens (primary N) is 2. The summed E-state index contributed by atoms with van der Waals surface area (Å²) in [4.78, 5) is 18.5. The van der Waals surface area contributed by atoms with Crippen LogP contribution in [0.4, 0.5) is 5.82 Å². The SMILES string of the molecule is CCC(CC)N(CCN)c1nc(C)cc(C)c1C(N)=O. The topological polar surface area (TPSA) is 85.2 Å². The van der Waals surface area contributed by atoms with Gasteiger partial charge in [0.1, 0.15) is 5.82 Å². The summed E-state index contributed by atoms with van der Waals surface area (Å²) in [6.45, 7) is 9.26. The van der Waals surface area contributed by atoms with Crippen molar-refractivity contribution >= 4 is 11.7 Å². The molecule has 0 spiro atoms. The molecule has 0 atom stereocenters. The first kappa shape index (κ1) is 16.4. The number of rotatable bonds is 7. The molecule has 5 nitrogen and oxygen atoms in total. The van der Waals surface area contributed by atoms with E-state index in [1.54, 1.807) is 0 Å². The number of carbonyl (C=O) groups is 1. The van der Waals surface area contributed by atoms with Gasteiger partial charge in [-0.3, -0.25) is 4.79 Å². The molecule has 5 heteroatoms. The van der Waals surface area contributed by atoms with Crippen molar-refractivity contribution in [3.63, 3.8) is 0 Å². The fourth-order valence-corrected chi connectivity index (χ4v) is 2.66. The van der Waals surface area contributed by atoms with Gasteiger partial charge < -0.3 is 16.4 Å². The van der Waals surface area contributed by atoms with Gasteiger partial charge in [-0.2, -0.15) is 0 Å². The molecule has 0 radical (unpaired) electrons. The van der Waals surface area contributed by atoms with Crippen molar-refractivity contribution in [3.8, 4) is 0 Å². The predicted molar refractivity (Wildman–Crippen MR) is 83.0 cm³/mol. The monoisotopic (exact) mass is 278 g/mol. The van der Waals surface area contributed by atoms with E-state index in [4.69, 9.17) is 11.5 Å². The Kier molecular flexibility index (Phi) is 5.95. The molecular formula is C15H26N4O. The van der Waals surface area contributed by atoms with Gasteiger partial charge in [0.05, 0.1) is 5.56 Å². The van der Waals surface area contributed by atoms with Crippen molar-refractivity contribution in [2.24, 2.45) is 11.5 Å². The summed E-state index contributed by atoms with van der Waals surface area (Å²) < 4.78 is 0. The van der Waals surface area contributed by atoms with Gasteiger partial charge in [-0.1, -0.05) is 13.8 Å². The van der Waals surface area contributed by atoms with Crippen LogP contribution in [0.1, 0.15) is 48.3 Å². The number of primary amides is 1. The summed E-state index contributed by atoms with van der Waals surface area (Å²) in [5.74, 6) is 0.243. The van der Waals surface area contributed by atoms with E-state index >= 15 is 0 Å². The van der Waals surface area contributed by atoms with Crippen LogP contribution in [-0.2, 0) is 0 Å². The van der Waals surface area contributed by atoms with E-state index in [0.717, 1.165) is 24.1 Å². The zero-order valence-corrected chi connectivity index (χ0v) is 12.9. The van der Waals surface area contributed by atoms with Crippen LogP contribution < -0.4 is 16.4 Å². The third-order valence-corrected chi connectivity index (χ3v) is 3.60. The molecule has 1 aromatic heterocycles. The minimum absolute atomic E-state index is 0.311. The standard InChI is InChI=1S/C15H26N4O/c1-5-12(6-2)19(8-7-16)15-13(14(17)20)10(3)9-11(4)18-15/h9,12H,5-8,16H2,1-4H3,(H2,17,20). The number of nitrogens with zero attached hydrogens (tertiary/aromatic N) is 2. The second-order valence-electron chi connectivity index (χ2n) is 5.10. The van der Waals surface area contributed by atoms with Gasteiger partial charge in [-0.05, 0) is 38.3 Å². The molecule has 0 saturated carbocycles. The van der Waals surface area contributed by atoms with Crippen molar-refractivity contribution in [1.82, 2.24) is 4.98 Å². The summed E-state index contributed by atoms with van der Waals surface area (Å²) in [7, 11) is 0. The highest BCUT2D eigenvalue weighted by atomic mass is 16.1. The van der Waals surface area contributed by atoms with E-state index in [-0.39, 0.29) is 0 Å². The largest absolute Gasteiger partial charge is 0.365 e. The molecule has 1 aromatic rings. The lowest BCUT2D eigenvalue weighted by molar-refractivity contribution is 0.0999. The number of amides is 1. The van der Waals surface area contributed by atoms with Crippen molar-refractivity contribution in [3.05, 3.63) is 22.9 Å². The van der Waals surface area contributed by atoms with Crippen LogP contribution in [0.2, 0.25) is 0 Å². The normalized spacial score (nSPS) is 10.9. The van der Waals surface area contributed by atoms with Crippen LogP contribution in [0.3, 0.4) is 0 Å². The van der Waals surface area contributed by atoms with E-state index < -0.39 is 5.91 Å². The van der Waals surface area contributed by atoms with E-state index in [2.05, 4.69) is 23.7 Å². The summed E-state index contributed by atoms with van der Waals surface area (Å²) >= 11 is 0. The highest BCUT2D eigenvalue weighted by Gasteiger charge is 2.23. The minimum Gasteiger partial charge on any atom is -0.365 e. The van der Waals surface area contributed by atoms with Gasteiger partial charge >= 0.3 is 0 Å².